The molecule has 5 heteroatoms. The normalized spacial score (nSPS) is 12.3. The highest BCUT2D eigenvalue weighted by atomic mass is 16.5. The zero-order valence-electron chi connectivity index (χ0n) is 12.3. The molecule has 0 radical (unpaired) electrons. The van der Waals surface area contributed by atoms with Gasteiger partial charge in [0.25, 0.3) is 0 Å². The van der Waals surface area contributed by atoms with E-state index < -0.39 is 6.10 Å². The Morgan fingerprint density at radius 3 is 2.60 bits per heavy atom. The molecule has 2 N–H and O–H groups in total. The third-order valence-electron chi connectivity index (χ3n) is 2.82. The Kier molecular flexibility index (Phi) is 8.98. The summed E-state index contributed by atoms with van der Waals surface area (Å²) in [6, 6.07) is 7.70. The summed E-state index contributed by atoms with van der Waals surface area (Å²) < 4.78 is 15.5. The van der Waals surface area contributed by atoms with Crippen LogP contribution in [0.2, 0.25) is 0 Å². The van der Waals surface area contributed by atoms with Crippen molar-refractivity contribution in [1.82, 2.24) is 5.32 Å². The molecular weight excluding hydrogens is 258 g/mol. The zero-order chi connectivity index (χ0) is 14.6. The summed E-state index contributed by atoms with van der Waals surface area (Å²) in [6.07, 6.45) is 0.450. The molecule has 1 rings (SSSR count). The molecule has 0 unspecified atom stereocenters. The lowest BCUT2D eigenvalue weighted by Crippen LogP contribution is -2.31. The fraction of sp³-hybridized carbons (Fsp3) is 0.600. The van der Waals surface area contributed by atoms with Crippen LogP contribution in [0.1, 0.15) is 12.0 Å². The average molecular weight is 283 g/mol. The summed E-state index contributed by atoms with van der Waals surface area (Å²) in [5.74, 6) is 0.828. The van der Waals surface area contributed by atoms with Crippen molar-refractivity contribution in [2.75, 3.05) is 40.5 Å². The van der Waals surface area contributed by atoms with Crippen molar-refractivity contribution in [3.8, 4) is 5.75 Å². The second-order valence-corrected chi connectivity index (χ2v) is 4.57. The van der Waals surface area contributed by atoms with Crippen LogP contribution in [0.15, 0.2) is 24.3 Å². The number of benzene rings is 1. The predicted molar refractivity (Wildman–Crippen MR) is 78.0 cm³/mol. The van der Waals surface area contributed by atoms with E-state index in [0.29, 0.717) is 19.8 Å². The van der Waals surface area contributed by atoms with Gasteiger partial charge in [0.05, 0.1) is 26.4 Å². The van der Waals surface area contributed by atoms with Gasteiger partial charge in [0.2, 0.25) is 0 Å². The van der Waals surface area contributed by atoms with Gasteiger partial charge >= 0.3 is 0 Å². The predicted octanol–water partition coefficient (Wildman–Crippen LogP) is 1.20. The lowest BCUT2D eigenvalue weighted by Gasteiger charge is -2.12. The van der Waals surface area contributed by atoms with E-state index in [0.717, 1.165) is 30.9 Å². The van der Waals surface area contributed by atoms with E-state index >= 15 is 0 Å². The Labute approximate surface area is 120 Å². The number of ether oxygens (including phenoxy) is 3. The fourth-order valence-electron chi connectivity index (χ4n) is 1.70. The van der Waals surface area contributed by atoms with Crippen LogP contribution in [0, 0.1) is 0 Å². The summed E-state index contributed by atoms with van der Waals surface area (Å²) in [4.78, 5) is 0. The highest BCUT2D eigenvalue weighted by molar-refractivity contribution is 5.26. The van der Waals surface area contributed by atoms with E-state index in [4.69, 9.17) is 14.2 Å². The Balaban J connectivity index is 2.07. The van der Waals surface area contributed by atoms with Gasteiger partial charge in [-0.3, -0.25) is 0 Å². The molecule has 5 nitrogen and oxygen atoms in total. The van der Waals surface area contributed by atoms with Crippen LogP contribution >= 0.6 is 0 Å². The molecule has 0 aromatic heterocycles. The van der Waals surface area contributed by atoms with Gasteiger partial charge in [-0.2, -0.15) is 0 Å². The van der Waals surface area contributed by atoms with Gasteiger partial charge in [-0.15, -0.1) is 0 Å². The maximum atomic E-state index is 9.73. The van der Waals surface area contributed by atoms with Crippen LogP contribution in [0.5, 0.6) is 5.75 Å². The molecule has 1 aromatic carbocycles. The molecule has 114 valence electrons. The summed E-state index contributed by atoms with van der Waals surface area (Å²) in [5.41, 5.74) is 1.06. The smallest absolute Gasteiger partial charge is 0.118 e. The zero-order valence-corrected chi connectivity index (χ0v) is 12.3. The molecule has 1 atom stereocenters. The molecule has 0 saturated carbocycles. The Morgan fingerprint density at radius 1 is 1.20 bits per heavy atom. The van der Waals surface area contributed by atoms with Crippen molar-refractivity contribution >= 4 is 0 Å². The van der Waals surface area contributed by atoms with Crippen molar-refractivity contribution in [2.45, 2.75) is 19.1 Å². The number of hydrogen-bond acceptors (Lipinski definition) is 5. The SMILES string of the molecule is COCCCNC[C@H](O)COCc1ccc(OC)cc1. The number of aliphatic hydroxyl groups excluding tert-OH is 1. The third kappa shape index (κ3) is 7.45. The highest BCUT2D eigenvalue weighted by Gasteiger charge is 2.04. The van der Waals surface area contributed by atoms with Crippen LogP contribution in [0.3, 0.4) is 0 Å². The lowest BCUT2D eigenvalue weighted by atomic mass is 10.2. The number of methoxy groups -OCH3 is 2. The van der Waals surface area contributed by atoms with E-state index in [1.54, 1.807) is 14.2 Å². The van der Waals surface area contributed by atoms with Gasteiger partial charge in [0, 0.05) is 20.3 Å². The minimum absolute atomic E-state index is 0.323. The van der Waals surface area contributed by atoms with Crippen LogP contribution < -0.4 is 10.1 Å². The molecular formula is C15H25NO4. The largest absolute Gasteiger partial charge is 0.497 e. The minimum atomic E-state index is -0.490. The third-order valence-corrected chi connectivity index (χ3v) is 2.82. The second-order valence-electron chi connectivity index (χ2n) is 4.57. The minimum Gasteiger partial charge on any atom is -0.497 e. The van der Waals surface area contributed by atoms with E-state index in [9.17, 15) is 5.11 Å². The van der Waals surface area contributed by atoms with Crippen LogP contribution in [-0.2, 0) is 16.1 Å². The van der Waals surface area contributed by atoms with Crippen molar-refractivity contribution in [3.05, 3.63) is 29.8 Å². The second kappa shape index (κ2) is 10.6. The maximum absolute atomic E-state index is 9.73. The number of nitrogens with one attached hydrogen (secondary N) is 1. The van der Waals surface area contributed by atoms with E-state index in [2.05, 4.69) is 5.32 Å². The molecule has 0 saturated heterocycles. The average Bonchev–Trinajstić information content (AvgIpc) is 2.48. The Morgan fingerprint density at radius 2 is 1.95 bits per heavy atom. The molecule has 1 aromatic rings. The molecule has 0 aliphatic rings. The first-order valence-corrected chi connectivity index (χ1v) is 6.84. The van der Waals surface area contributed by atoms with Crippen molar-refractivity contribution < 1.29 is 19.3 Å². The van der Waals surface area contributed by atoms with E-state index in [-0.39, 0.29) is 0 Å². The van der Waals surface area contributed by atoms with Crippen molar-refractivity contribution in [2.24, 2.45) is 0 Å². The Hall–Kier alpha value is -1.14. The van der Waals surface area contributed by atoms with Gasteiger partial charge in [-0.25, -0.2) is 0 Å². The Bertz CT molecular complexity index is 342. The summed E-state index contributed by atoms with van der Waals surface area (Å²) in [5, 5.41) is 12.9. The fourth-order valence-corrected chi connectivity index (χ4v) is 1.70. The number of aliphatic hydroxyl groups is 1. The first-order chi connectivity index (χ1) is 9.76. The first-order valence-electron chi connectivity index (χ1n) is 6.84. The van der Waals surface area contributed by atoms with Gasteiger partial charge in [-0.1, -0.05) is 12.1 Å². The summed E-state index contributed by atoms with van der Waals surface area (Å²) in [6.45, 7) is 2.92. The maximum Gasteiger partial charge on any atom is 0.118 e. The summed E-state index contributed by atoms with van der Waals surface area (Å²) in [7, 11) is 3.32. The number of hydrogen-bond donors (Lipinski definition) is 2. The van der Waals surface area contributed by atoms with Gasteiger partial charge in [0.15, 0.2) is 0 Å². The topological polar surface area (TPSA) is 60.0 Å². The van der Waals surface area contributed by atoms with Crippen LogP contribution in [0.25, 0.3) is 0 Å². The lowest BCUT2D eigenvalue weighted by molar-refractivity contribution is 0.0287. The number of rotatable bonds is 11. The van der Waals surface area contributed by atoms with Gasteiger partial charge < -0.3 is 24.6 Å². The van der Waals surface area contributed by atoms with Gasteiger partial charge in [-0.05, 0) is 30.7 Å². The van der Waals surface area contributed by atoms with Crippen LogP contribution in [-0.4, -0.2) is 51.7 Å². The van der Waals surface area contributed by atoms with Gasteiger partial charge in [0.1, 0.15) is 5.75 Å². The van der Waals surface area contributed by atoms with E-state index in [1.807, 2.05) is 24.3 Å². The van der Waals surface area contributed by atoms with Crippen molar-refractivity contribution in [3.63, 3.8) is 0 Å². The molecule has 0 bridgehead atoms. The van der Waals surface area contributed by atoms with Crippen molar-refractivity contribution in [1.29, 1.82) is 0 Å². The standard InChI is InChI=1S/C15H25NO4/c1-18-9-3-8-16-10-14(17)12-20-11-13-4-6-15(19-2)7-5-13/h4-7,14,16-17H,3,8-12H2,1-2H3/t14-/m0/s1. The molecule has 20 heavy (non-hydrogen) atoms. The summed E-state index contributed by atoms with van der Waals surface area (Å²) >= 11 is 0. The molecule has 0 fully saturated rings. The van der Waals surface area contributed by atoms with E-state index in [1.165, 1.54) is 0 Å². The quantitative estimate of drug-likeness (QED) is 0.598. The molecule has 0 heterocycles. The molecule has 0 amide bonds. The highest BCUT2D eigenvalue weighted by Crippen LogP contribution is 2.11. The first kappa shape index (κ1) is 16.9. The molecule has 0 aliphatic carbocycles. The molecule has 0 aliphatic heterocycles. The van der Waals surface area contributed by atoms with Crippen LogP contribution in [0.4, 0.5) is 0 Å². The monoisotopic (exact) mass is 283 g/mol. The molecule has 0 spiro atoms.